The van der Waals surface area contributed by atoms with E-state index in [1.54, 1.807) is 0 Å². The molecule has 2 aromatic rings. The van der Waals surface area contributed by atoms with E-state index in [4.69, 9.17) is 0 Å². The summed E-state index contributed by atoms with van der Waals surface area (Å²) in [6, 6.07) is 9.75. The van der Waals surface area contributed by atoms with E-state index in [0.29, 0.717) is 13.0 Å². The van der Waals surface area contributed by atoms with Gasteiger partial charge in [0, 0.05) is 17.2 Å². The lowest BCUT2D eigenvalue weighted by Gasteiger charge is -2.09. The van der Waals surface area contributed by atoms with Crippen LogP contribution >= 0.6 is 15.9 Å². The number of alkyl halides is 3. The van der Waals surface area contributed by atoms with Crippen molar-refractivity contribution in [2.45, 2.75) is 12.6 Å². The number of halogens is 4. The lowest BCUT2D eigenvalue weighted by molar-refractivity contribution is -0.137. The molecule has 0 radical (unpaired) electrons. The van der Waals surface area contributed by atoms with Gasteiger partial charge in [-0.1, -0.05) is 28.1 Å². The molecule has 0 aliphatic heterocycles. The van der Waals surface area contributed by atoms with Crippen LogP contribution in [0.1, 0.15) is 11.1 Å². The van der Waals surface area contributed by atoms with Crippen molar-refractivity contribution in [1.29, 1.82) is 0 Å². The first-order chi connectivity index (χ1) is 9.45. The SMILES string of the molecule is FC(F)(F)c1ccnc(NCCc2cccc(Br)c2)c1. The number of pyridine rings is 1. The van der Waals surface area contributed by atoms with Crippen molar-refractivity contribution in [1.82, 2.24) is 4.98 Å². The van der Waals surface area contributed by atoms with Crippen LogP contribution in [0.3, 0.4) is 0 Å². The van der Waals surface area contributed by atoms with Gasteiger partial charge in [-0.25, -0.2) is 4.98 Å². The van der Waals surface area contributed by atoms with E-state index < -0.39 is 11.7 Å². The summed E-state index contributed by atoms with van der Waals surface area (Å²) in [7, 11) is 0. The van der Waals surface area contributed by atoms with Gasteiger partial charge in [0.15, 0.2) is 0 Å². The van der Waals surface area contributed by atoms with Gasteiger partial charge in [0.1, 0.15) is 5.82 Å². The Labute approximate surface area is 123 Å². The molecule has 0 aliphatic carbocycles. The Morgan fingerprint density at radius 3 is 2.65 bits per heavy atom. The van der Waals surface area contributed by atoms with Crippen molar-refractivity contribution in [3.8, 4) is 0 Å². The van der Waals surface area contributed by atoms with E-state index >= 15 is 0 Å². The third-order valence-corrected chi connectivity index (χ3v) is 3.19. The summed E-state index contributed by atoms with van der Waals surface area (Å²) in [5, 5.41) is 2.90. The van der Waals surface area contributed by atoms with Crippen molar-refractivity contribution in [2.24, 2.45) is 0 Å². The minimum absolute atomic E-state index is 0.231. The smallest absolute Gasteiger partial charge is 0.370 e. The Kier molecular flexibility index (Phi) is 4.65. The van der Waals surface area contributed by atoms with Crippen LogP contribution in [0.2, 0.25) is 0 Å². The number of nitrogens with one attached hydrogen (secondary N) is 1. The number of aromatic nitrogens is 1. The Morgan fingerprint density at radius 1 is 1.15 bits per heavy atom. The van der Waals surface area contributed by atoms with Gasteiger partial charge in [-0.05, 0) is 36.2 Å². The second-order valence-corrected chi connectivity index (χ2v) is 5.15. The lowest BCUT2D eigenvalue weighted by Crippen LogP contribution is -2.09. The predicted octanol–water partition coefficient (Wildman–Crippen LogP) is 4.52. The van der Waals surface area contributed by atoms with Gasteiger partial charge in [-0.3, -0.25) is 0 Å². The minimum atomic E-state index is -4.34. The number of anilines is 1. The van der Waals surface area contributed by atoms with Crippen molar-refractivity contribution in [3.05, 3.63) is 58.2 Å². The molecule has 106 valence electrons. The minimum Gasteiger partial charge on any atom is -0.370 e. The van der Waals surface area contributed by atoms with Crippen LogP contribution in [0.15, 0.2) is 47.1 Å². The van der Waals surface area contributed by atoms with E-state index in [9.17, 15) is 13.2 Å². The summed E-state index contributed by atoms with van der Waals surface area (Å²) in [4.78, 5) is 3.88. The molecule has 20 heavy (non-hydrogen) atoms. The summed E-state index contributed by atoms with van der Waals surface area (Å²) >= 11 is 3.37. The quantitative estimate of drug-likeness (QED) is 0.882. The highest BCUT2D eigenvalue weighted by atomic mass is 79.9. The third kappa shape index (κ3) is 4.23. The average Bonchev–Trinajstić information content (AvgIpc) is 2.38. The fraction of sp³-hybridized carbons (Fsp3) is 0.214. The van der Waals surface area contributed by atoms with Crippen molar-refractivity contribution in [2.75, 3.05) is 11.9 Å². The predicted molar refractivity (Wildman–Crippen MR) is 75.6 cm³/mol. The molecule has 6 heteroatoms. The van der Waals surface area contributed by atoms with Gasteiger partial charge >= 0.3 is 6.18 Å². The van der Waals surface area contributed by atoms with Crippen molar-refractivity contribution >= 4 is 21.7 Å². The molecule has 1 aromatic carbocycles. The first kappa shape index (κ1) is 14.8. The molecule has 0 amide bonds. The molecule has 1 aromatic heterocycles. The highest BCUT2D eigenvalue weighted by molar-refractivity contribution is 9.10. The van der Waals surface area contributed by atoms with Gasteiger partial charge in [-0.2, -0.15) is 13.2 Å². The van der Waals surface area contributed by atoms with Gasteiger partial charge < -0.3 is 5.32 Å². The lowest BCUT2D eigenvalue weighted by atomic mass is 10.1. The molecule has 0 saturated heterocycles. The second kappa shape index (κ2) is 6.26. The van der Waals surface area contributed by atoms with E-state index in [2.05, 4.69) is 26.2 Å². The standard InChI is InChI=1S/C14H12BrF3N2/c15-12-3-1-2-10(8-12)4-6-19-13-9-11(5-7-20-13)14(16,17)18/h1-3,5,7-9H,4,6H2,(H,19,20). The highest BCUT2D eigenvalue weighted by Crippen LogP contribution is 2.29. The van der Waals surface area contributed by atoms with E-state index in [1.165, 1.54) is 0 Å². The van der Waals surface area contributed by atoms with Crippen LogP contribution in [0.4, 0.5) is 19.0 Å². The number of benzene rings is 1. The maximum atomic E-state index is 12.5. The van der Waals surface area contributed by atoms with E-state index in [-0.39, 0.29) is 5.82 Å². The summed E-state index contributed by atoms with van der Waals surface area (Å²) < 4.78 is 38.6. The topological polar surface area (TPSA) is 24.9 Å². The molecular weight excluding hydrogens is 333 g/mol. The first-order valence-corrected chi connectivity index (χ1v) is 6.76. The monoisotopic (exact) mass is 344 g/mol. The Bertz CT molecular complexity index is 585. The maximum absolute atomic E-state index is 12.5. The van der Waals surface area contributed by atoms with Gasteiger partial charge in [0.2, 0.25) is 0 Å². The van der Waals surface area contributed by atoms with Crippen LogP contribution < -0.4 is 5.32 Å². The van der Waals surface area contributed by atoms with Gasteiger partial charge in [-0.15, -0.1) is 0 Å². The van der Waals surface area contributed by atoms with E-state index in [0.717, 1.165) is 28.4 Å². The first-order valence-electron chi connectivity index (χ1n) is 5.97. The molecule has 0 unspecified atom stereocenters. The fourth-order valence-corrected chi connectivity index (χ4v) is 2.18. The number of nitrogens with zero attached hydrogens (tertiary/aromatic N) is 1. The molecule has 0 spiro atoms. The zero-order valence-corrected chi connectivity index (χ0v) is 12.0. The maximum Gasteiger partial charge on any atom is 0.416 e. The summed E-state index contributed by atoms with van der Waals surface area (Å²) in [5.74, 6) is 0.231. The highest BCUT2D eigenvalue weighted by Gasteiger charge is 2.30. The normalized spacial score (nSPS) is 11.4. The van der Waals surface area contributed by atoms with Crippen LogP contribution in [-0.4, -0.2) is 11.5 Å². The number of hydrogen-bond acceptors (Lipinski definition) is 2. The number of rotatable bonds is 4. The average molecular weight is 345 g/mol. The van der Waals surface area contributed by atoms with Gasteiger partial charge in [0.05, 0.1) is 5.56 Å². The molecule has 2 nitrogen and oxygen atoms in total. The van der Waals surface area contributed by atoms with Crippen LogP contribution in [0.5, 0.6) is 0 Å². The summed E-state index contributed by atoms with van der Waals surface area (Å²) in [5.41, 5.74) is 0.399. The zero-order valence-electron chi connectivity index (χ0n) is 10.4. The van der Waals surface area contributed by atoms with Crippen molar-refractivity contribution < 1.29 is 13.2 Å². The largest absolute Gasteiger partial charge is 0.416 e. The Morgan fingerprint density at radius 2 is 1.95 bits per heavy atom. The van der Waals surface area contributed by atoms with E-state index in [1.807, 2.05) is 24.3 Å². The third-order valence-electron chi connectivity index (χ3n) is 2.70. The zero-order chi connectivity index (χ0) is 14.6. The Balaban J connectivity index is 1.94. The Hall–Kier alpha value is -1.56. The van der Waals surface area contributed by atoms with Crippen LogP contribution in [-0.2, 0) is 12.6 Å². The second-order valence-electron chi connectivity index (χ2n) is 4.23. The molecule has 0 bridgehead atoms. The molecule has 0 saturated carbocycles. The molecule has 0 fully saturated rings. The van der Waals surface area contributed by atoms with Gasteiger partial charge in [0.25, 0.3) is 0 Å². The summed E-state index contributed by atoms with van der Waals surface area (Å²) in [6.07, 6.45) is -2.48. The summed E-state index contributed by atoms with van der Waals surface area (Å²) in [6.45, 7) is 0.519. The van der Waals surface area contributed by atoms with Crippen LogP contribution in [0, 0.1) is 0 Å². The molecule has 1 heterocycles. The molecule has 0 atom stereocenters. The number of hydrogen-bond donors (Lipinski definition) is 1. The van der Waals surface area contributed by atoms with Crippen LogP contribution in [0.25, 0.3) is 0 Å². The molecule has 0 aliphatic rings. The fourth-order valence-electron chi connectivity index (χ4n) is 1.73. The molecule has 2 rings (SSSR count). The molecular formula is C14H12BrF3N2. The van der Waals surface area contributed by atoms with Crippen molar-refractivity contribution in [3.63, 3.8) is 0 Å². The molecule has 1 N–H and O–H groups in total.